The number of hydrogen-bond donors (Lipinski definition) is 2. The van der Waals surface area contributed by atoms with E-state index in [4.69, 9.17) is 4.74 Å². The zero-order valence-electron chi connectivity index (χ0n) is 13.7. The van der Waals surface area contributed by atoms with Gasteiger partial charge < -0.3 is 20.1 Å². The van der Waals surface area contributed by atoms with Crippen molar-refractivity contribution in [1.29, 1.82) is 0 Å². The third-order valence-electron chi connectivity index (χ3n) is 4.13. The van der Waals surface area contributed by atoms with Gasteiger partial charge in [0.15, 0.2) is 11.5 Å². The molecule has 1 amide bonds. The van der Waals surface area contributed by atoms with Crippen LogP contribution >= 0.6 is 12.4 Å². The second-order valence-corrected chi connectivity index (χ2v) is 5.99. The second-order valence-electron chi connectivity index (χ2n) is 5.99. The molecule has 1 heterocycles. The summed E-state index contributed by atoms with van der Waals surface area (Å²) < 4.78 is 34.2. The van der Waals surface area contributed by atoms with Crippen molar-refractivity contribution in [2.24, 2.45) is 5.41 Å². The van der Waals surface area contributed by atoms with E-state index in [0.717, 1.165) is 25.9 Å². The summed E-state index contributed by atoms with van der Waals surface area (Å²) in [7, 11) is 1.35. The normalized spacial score (nSPS) is 16.2. The molecule has 136 valence electrons. The Morgan fingerprint density at radius 2 is 2.00 bits per heavy atom. The lowest BCUT2D eigenvalue weighted by atomic mass is 9.81. The molecule has 1 aliphatic rings. The van der Waals surface area contributed by atoms with Gasteiger partial charge in [0.25, 0.3) is 5.91 Å². The van der Waals surface area contributed by atoms with E-state index in [1.807, 2.05) is 0 Å². The molecule has 2 rings (SSSR count). The van der Waals surface area contributed by atoms with Gasteiger partial charge in [-0.25, -0.2) is 0 Å². The molecule has 1 aromatic carbocycles. The van der Waals surface area contributed by atoms with Crippen molar-refractivity contribution in [3.63, 3.8) is 0 Å². The summed E-state index contributed by atoms with van der Waals surface area (Å²) in [6.07, 6.45) is 1.96. The van der Waals surface area contributed by atoms with E-state index in [1.54, 1.807) is 0 Å². The van der Waals surface area contributed by atoms with E-state index >= 15 is 0 Å². The number of piperidine rings is 1. The lowest BCUT2D eigenvalue weighted by molar-refractivity contribution is -0.0512. The first-order valence-electron chi connectivity index (χ1n) is 7.55. The molecule has 0 aromatic heterocycles. The number of methoxy groups -OCH3 is 1. The van der Waals surface area contributed by atoms with Gasteiger partial charge in [0.05, 0.1) is 7.11 Å². The van der Waals surface area contributed by atoms with Crippen molar-refractivity contribution in [3.05, 3.63) is 23.8 Å². The molecule has 8 heteroatoms. The topological polar surface area (TPSA) is 59.6 Å². The Kier molecular flexibility index (Phi) is 7.69. The van der Waals surface area contributed by atoms with Crippen LogP contribution in [0.2, 0.25) is 0 Å². The fourth-order valence-corrected chi connectivity index (χ4v) is 2.61. The van der Waals surface area contributed by atoms with Gasteiger partial charge in [0, 0.05) is 12.1 Å². The molecular formula is C16H23ClF2N2O3. The number of amides is 1. The SMILES string of the molecule is COc1ccc(C(=O)NCC2(C)CCNCC2)cc1OC(F)F.Cl. The number of alkyl halides is 2. The molecule has 1 fully saturated rings. The number of halogens is 3. The van der Waals surface area contributed by atoms with Gasteiger partial charge in [-0.05, 0) is 49.5 Å². The van der Waals surface area contributed by atoms with Gasteiger partial charge in [0.2, 0.25) is 0 Å². The van der Waals surface area contributed by atoms with Crippen LogP contribution in [0.25, 0.3) is 0 Å². The monoisotopic (exact) mass is 364 g/mol. The number of carbonyl (C=O) groups is 1. The third-order valence-corrected chi connectivity index (χ3v) is 4.13. The predicted molar refractivity (Wildman–Crippen MR) is 89.4 cm³/mol. The third kappa shape index (κ3) is 5.49. The minimum absolute atomic E-state index is 0. The maximum Gasteiger partial charge on any atom is 0.387 e. The first-order valence-corrected chi connectivity index (χ1v) is 7.55. The average molecular weight is 365 g/mol. The van der Waals surface area contributed by atoms with E-state index in [1.165, 1.54) is 25.3 Å². The summed E-state index contributed by atoms with van der Waals surface area (Å²) >= 11 is 0. The van der Waals surface area contributed by atoms with Gasteiger partial charge in [-0.3, -0.25) is 4.79 Å². The van der Waals surface area contributed by atoms with Crippen LogP contribution in [-0.4, -0.2) is 39.3 Å². The minimum Gasteiger partial charge on any atom is -0.493 e. The Morgan fingerprint density at radius 3 is 2.58 bits per heavy atom. The number of hydrogen-bond acceptors (Lipinski definition) is 4. The lowest BCUT2D eigenvalue weighted by Crippen LogP contribution is -2.42. The van der Waals surface area contributed by atoms with Gasteiger partial charge in [0.1, 0.15) is 0 Å². The fourth-order valence-electron chi connectivity index (χ4n) is 2.61. The molecule has 5 nitrogen and oxygen atoms in total. The summed E-state index contributed by atoms with van der Waals surface area (Å²) in [4.78, 5) is 12.3. The van der Waals surface area contributed by atoms with Crippen molar-refractivity contribution in [1.82, 2.24) is 10.6 Å². The van der Waals surface area contributed by atoms with Crippen molar-refractivity contribution in [3.8, 4) is 11.5 Å². The molecule has 0 bridgehead atoms. The Labute approximate surface area is 146 Å². The summed E-state index contributed by atoms with van der Waals surface area (Å²) in [5.41, 5.74) is 0.314. The highest BCUT2D eigenvalue weighted by Gasteiger charge is 2.27. The number of benzene rings is 1. The number of rotatable bonds is 6. The van der Waals surface area contributed by atoms with Gasteiger partial charge in [-0.1, -0.05) is 6.92 Å². The predicted octanol–water partition coefficient (Wildman–Crippen LogP) is 2.84. The minimum atomic E-state index is -2.98. The second kappa shape index (κ2) is 9.03. The summed E-state index contributed by atoms with van der Waals surface area (Å²) in [5.74, 6) is -0.304. The molecule has 0 saturated carbocycles. The summed E-state index contributed by atoms with van der Waals surface area (Å²) in [6, 6.07) is 4.24. The van der Waals surface area contributed by atoms with Crippen molar-refractivity contribution < 1.29 is 23.0 Å². The highest BCUT2D eigenvalue weighted by Crippen LogP contribution is 2.30. The van der Waals surface area contributed by atoms with Gasteiger partial charge in [-0.15, -0.1) is 12.4 Å². The van der Waals surface area contributed by atoms with Crippen LogP contribution in [0.3, 0.4) is 0 Å². The van der Waals surface area contributed by atoms with Crippen LogP contribution in [0.1, 0.15) is 30.1 Å². The lowest BCUT2D eigenvalue weighted by Gasteiger charge is -2.34. The summed E-state index contributed by atoms with van der Waals surface area (Å²) in [6.45, 7) is 1.57. The molecule has 0 radical (unpaired) electrons. The molecule has 0 atom stereocenters. The molecule has 0 unspecified atom stereocenters. The van der Waals surface area contributed by atoms with Gasteiger partial charge in [-0.2, -0.15) is 8.78 Å². The number of ether oxygens (including phenoxy) is 2. The molecule has 2 N–H and O–H groups in total. The smallest absolute Gasteiger partial charge is 0.387 e. The van der Waals surface area contributed by atoms with E-state index in [2.05, 4.69) is 22.3 Å². The molecule has 0 spiro atoms. The average Bonchev–Trinajstić information content (AvgIpc) is 2.53. The fraction of sp³-hybridized carbons (Fsp3) is 0.562. The Hall–Kier alpha value is -1.60. The number of nitrogens with one attached hydrogen (secondary N) is 2. The first kappa shape index (κ1) is 20.4. The highest BCUT2D eigenvalue weighted by molar-refractivity contribution is 5.94. The Bertz CT molecular complexity index is 552. The van der Waals surface area contributed by atoms with Crippen LogP contribution in [0, 0.1) is 5.41 Å². The highest BCUT2D eigenvalue weighted by atomic mass is 35.5. The van der Waals surface area contributed by atoms with E-state index in [0.29, 0.717) is 6.54 Å². The van der Waals surface area contributed by atoms with Crippen LogP contribution in [0.15, 0.2) is 18.2 Å². The van der Waals surface area contributed by atoms with Gasteiger partial charge >= 0.3 is 6.61 Å². The maximum atomic E-state index is 12.4. The van der Waals surface area contributed by atoms with Crippen LogP contribution in [-0.2, 0) is 0 Å². The van der Waals surface area contributed by atoms with Crippen molar-refractivity contribution in [2.75, 3.05) is 26.7 Å². The standard InChI is InChI=1S/C16H22F2N2O3.ClH/c1-16(5-7-19-8-6-16)10-20-14(21)11-3-4-12(22-2)13(9-11)23-15(17)18;/h3-4,9,15,19H,5-8,10H2,1-2H3,(H,20,21);1H. The quantitative estimate of drug-likeness (QED) is 0.815. The maximum absolute atomic E-state index is 12.4. The zero-order valence-corrected chi connectivity index (χ0v) is 14.6. The molecular weight excluding hydrogens is 342 g/mol. The largest absolute Gasteiger partial charge is 0.493 e. The molecule has 24 heavy (non-hydrogen) atoms. The van der Waals surface area contributed by atoms with E-state index in [9.17, 15) is 13.6 Å². The first-order chi connectivity index (χ1) is 10.9. The molecule has 0 aliphatic carbocycles. The molecule has 1 saturated heterocycles. The zero-order chi connectivity index (χ0) is 16.9. The number of carbonyl (C=O) groups excluding carboxylic acids is 1. The van der Waals surface area contributed by atoms with Crippen LogP contribution < -0.4 is 20.1 Å². The summed E-state index contributed by atoms with van der Waals surface area (Å²) in [5, 5.41) is 6.16. The van der Waals surface area contributed by atoms with Crippen molar-refractivity contribution in [2.45, 2.75) is 26.4 Å². The molecule has 1 aromatic rings. The van der Waals surface area contributed by atoms with Crippen LogP contribution in [0.5, 0.6) is 11.5 Å². The Balaban J connectivity index is 0.00000288. The van der Waals surface area contributed by atoms with E-state index in [-0.39, 0.29) is 40.8 Å². The Morgan fingerprint density at radius 1 is 1.33 bits per heavy atom. The van der Waals surface area contributed by atoms with Crippen LogP contribution in [0.4, 0.5) is 8.78 Å². The van der Waals surface area contributed by atoms with E-state index < -0.39 is 6.61 Å². The molecule has 1 aliphatic heterocycles. The van der Waals surface area contributed by atoms with Crippen molar-refractivity contribution >= 4 is 18.3 Å².